The predicted octanol–water partition coefficient (Wildman–Crippen LogP) is 0.103. The fraction of sp³-hybridized carbons (Fsp3) is 0.636. The summed E-state index contributed by atoms with van der Waals surface area (Å²) in [7, 11) is 3.76. The minimum Gasteiger partial charge on any atom is -0.379 e. The summed E-state index contributed by atoms with van der Waals surface area (Å²) in [4.78, 5) is 17.8. The lowest BCUT2D eigenvalue weighted by atomic mass is 9.75. The summed E-state index contributed by atoms with van der Waals surface area (Å²) >= 11 is 6.78. The molecule has 11 heteroatoms. The Morgan fingerprint density at radius 2 is 2.03 bits per heavy atom. The highest BCUT2D eigenvalue weighted by Crippen LogP contribution is 2.41. The van der Waals surface area contributed by atoms with E-state index in [4.69, 9.17) is 22.1 Å². The molecule has 6 rings (SSSR count). The summed E-state index contributed by atoms with van der Waals surface area (Å²) in [5.74, 6) is -0.222. The van der Waals surface area contributed by atoms with Crippen LogP contribution in [-0.4, -0.2) is 77.3 Å². The maximum atomic E-state index is 13.6. The molecule has 5 heterocycles. The van der Waals surface area contributed by atoms with Crippen LogP contribution in [0, 0.1) is 11.3 Å². The Labute approximate surface area is 197 Å². The van der Waals surface area contributed by atoms with Gasteiger partial charge in [0.15, 0.2) is 0 Å². The van der Waals surface area contributed by atoms with Crippen molar-refractivity contribution in [3.63, 3.8) is 0 Å². The number of hydrogen-bond donors (Lipinski definition) is 4. The molecule has 178 valence electrons. The van der Waals surface area contributed by atoms with Gasteiger partial charge in [-0.25, -0.2) is 10.9 Å². The normalized spacial score (nSPS) is 34.5. The van der Waals surface area contributed by atoms with E-state index < -0.39 is 0 Å². The van der Waals surface area contributed by atoms with Gasteiger partial charge in [0.25, 0.3) is 0 Å². The molecule has 0 bridgehead atoms. The molecule has 10 nitrogen and oxygen atoms in total. The Balaban J connectivity index is 1.21. The van der Waals surface area contributed by atoms with Gasteiger partial charge in [0, 0.05) is 50.2 Å². The maximum absolute atomic E-state index is 13.6. The van der Waals surface area contributed by atoms with Crippen molar-refractivity contribution in [2.75, 3.05) is 33.4 Å². The van der Waals surface area contributed by atoms with Crippen LogP contribution < -0.4 is 21.9 Å². The minimum atomic E-state index is -0.314. The summed E-state index contributed by atoms with van der Waals surface area (Å²) in [5.41, 5.74) is 14.8. The van der Waals surface area contributed by atoms with Crippen LogP contribution in [0.5, 0.6) is 0 Å². The number of nitrogens with two attached hydrogens (primary N) is 1. The number of rotatable bonds is 2. The van der Waals surface area contributed by atoms with Crippen molar-refractivity contribution in [3.05, 3.63) is 28.9 Å². The second kappa shape index (κ2) is 7.88. The van der Waals surface area contributed by atoms with Gasteiger partial charge >= 0.3 is 0 Å². The summed E-state index contributed by atoms with van der Waals surface area (Å²) in [6.45, 7) is 3.15. The molecule has 4 unspecified atom stereocenters. The van der Waals surface area contributed by atoms with Gasteiger partial charge in [0.1, 0.15) is 6.29 Å². The highest BCUT2D eigenvalue weighted by molar-refractivity contribution is 6.36. The summed E-state index contributed by atoms with van der Waals surface area (Å²) < 4.78 is 7.41. The SMILES string of the molecule is CN1C(=O)C2C(NNC2c2ccc3nn(C)cc3c2Cl)NC1N1CCC2(CC1)COC[C@H]2N. The van der Waals surface area contributed by atoms with Gasteiger partial charge in [0.05, 0.1) is 41.9 Å². The van der Waals surface area contributed by atoms with E-state index in [9.17, 15) is 4.79 Å². The predicted molar refractivity (Wildman–Crippen MR) is 124 cm³/mol. The van der Waals surface area contributed by atoms with Crippen molar-refractivity contribution >= 4 is 28.4 Å². The molecule has 0 aliphatic carbocycles. The summed E-state index contributed by atoms with van der Waals surface area (Å²) in [6.07, 6.45) is 3.51. The van der Waals surface area contributed by atoms with E-state index in [2.05, 4.69) is 26.2 Å². The largest absolute Gasteiger partial charge is 0.379 e. The van der Waals surface area contributed by atoms with Gasteiger partial charge in [-0.3, -0.25) is 19.7 Å². The molecule has 1 aromatic carbocycles. The number of hydrazine groups is 1. The van der Waals surface area contributed by atoms with E-state index in [1.807, 2.05) is 37.3 Å². The maximum Gasteiger partial charge on any atom is 0.232 e. The lowest BCUT2D eigenvalue weighted by molar-refractivity contribution is -0.151. The number of hydrogen-bond acceptors (Lipinski definition) is 8. The Morgan fingerprint density at radius 1 is 1.24 bits per heavy atom. The highest BCUT2D eigenvalue weighted by Gasteiger charge is 2.52. The van der Waals surface area contributed by atoms with E-state index >= 15 is 0 Å². The van der Waals surface area contributed by atoms with Gasteiger partial charge in [-0.1, -0.05) is 17.7 Å². The standard InChI is InChI=1S/C22H31ClN8O2/c1-29-9-13-14(28-29)4-3-12(17(13)23)18-16-19(27-26-18)25-21(30(2)20(16)32)31-7-5-22(6-8-31)11-33-10-15(22)24/h3-4,9,15-16,18-19,21,25-27H,5-8,10-11,24H2,1-2H3/t15-,16?,18?,19?,21?/m1/s1. The Bertz CT molecular complexity index is 1080. The van der Waals surface area contributed by atoms with Crippen LogP contribution >= 0.6 is 11.6 Å². The average Bonchev–Trinajstić information content (AvgIpc) is 3.49. The number of nitrogens with zero attached hydrogens (tertiary/aromatic N) is 4. The van der Waals surface area contributed by atoms with Crippen molar-refractivity contribution in [2.24, 2.45) is 24.1 Å². The molecule has 5 atom stereocenters. The smallest absolute Gasteiger partial charge is 0.232 e. The number of benzene rings is 1. The molecule has 0 radical (unpaired) electrons. The third-order valence-corrected chi connectivity index (χ3v) is 8.58. The van der Waals surface area contributed by atoms with E-state index in [0.717, 1.165) is 49.0 Å². The van der Waals surface area contributed by atoms with Crippen LogP contribution in [0.3, 0.4) is 0 Å². The van der Waals surface area contributed by atoms with Gasteiger partial charge in [-0.15, -0.1) is 0 Å². The highest BCUT2D eigenvalue weighted by atomic mass is 35.5. The van der Waals surface area contributed by atoms with Crippen LogP contribution in [-0.2, 0) is 16.6 Å². The fourth-order valence-corrected chi connectivity index (χ4v) is 6.40. The first kappa shape index (κ1) is 21.7. The van der Waals surface area contributed by atoms with Gasteiger partial charge < -0.3 is 15.4 Å². The topological polar surface area (TPSA) is 113 Å². The molecule has 4 aliphatic heterocycles. The molecule has 4 fully saturated rings. The van der Waals surface area contributed by atoms with Crippen molar-refractivity contribution < 1.29 is 9.53 Å². The molecule has 5 N–H and O–H groups in total. The van der Waals surface area contributed by atoms with E-state index in [1.165, 1.54) is 0 Å². The lowest BCUT2D eigenvalue weighted by Gasteiger charge is -2.49. The molecule has 4 aliphatic rings. The van der Waals surface area contributed by atoms with E-state index in [1.54, 1.807) is 4.68 Å². The zero-order valence-electron chi connectivity index (χ0n) is 18.9. The first-order valence-corrected chi connectivity index (χ1v) is 12.0. The van der Waals surface area contributed by atoms with E-state index in [0.29, 0.717) is 11.6 Å². The molecule has 33 heavy (non-hydrogen) atoms. The van der Waals surface area contributed by atoms with E-state index in [-0.39, 0.29) is 41.8 Å². The zero-order chi connectivity index (χ0) is 22.9. The molecule has 1 amide bonds. The molecular formula is C22H31ClN8O2. The molecule has 2 aromatic rings. The third-order valence-electron chi connectivity index (χ3n) is 8.16. The molecule has 1 spiro atoms. The minimum absolute atomic E-state index is 0.0796. The number of aryl methyl sites for hydroxylation is 1. The average molecular weight is 475 g/mol. The van der Waals surface area contributed by atoms with Crippen LogP contribution in [0.25, 0.3) is 10.9 Å². The molecular weight excluding hydrogens is 444 g/mol. The summed E-state index contributed by atoms with van der Waals surface area (Å²) in [6, 6.07) is 3.79. The van der Waals surface area contributed by atoms with Gasteiger partial charge in [-0.2, -0.15) is 5.10 Å². The first-order valence-electron chi connectivity index (χ1n) is 11.6. The van der Waals surface area contributed by atoms with Crippen LogP contribution in [0.15, 0.2) is 18.3 Å². The number of carbonyl (C=O) groups excluding carboxylic acids is 1. The van der Waals surface area contributed by atoms with Crippen molar-refractivity contribution in [3.8, 4) is 0 Å². The second-order valence-corrected chi connectivity index (χ2v) is 10.4. The molecule has 1 aromatic heterocycles. The molecule has 4 saturated heterocycles. The van der Waals surface area contributed by atoms with Crippen LogP contribution in [0.2, 0.25) is 5.02 Å². The fourth-order valence-electron chi connectivity index (χ4n) is 6.07. The number of ether oxygens (including phenoxy) is 1. The number of fused-ring (bicyclic) bond motifs is 2. The Morgan fingerprint density at radius 3 is 2.76 bits per heavy atom. The Hall–Kier alpha value is -1.79. The molecule has 0 saturated carbocycles. The lowest BCUT2D eigenvalue weighted by Crippen LogP contribution is -2.70. The second-order valence-electron chi connectivity index (χ2n) is 9.98. The summed E-state index contributed by atoms with van der Waals surface area (Å²) in [5, 5.41) is 9.61. The number of nitrogens with one attached hydrogen (secondary N) is 3. The van der Waals surface area contributed by atoms with Crippen molar-refractivity contribution in [1.82, 2.24) is 35.7 Å². The third kappa shape index (κ3) is 3.31. The number of carbonyl (C=O) groups is 1. The number of amides is 1. The van der Waals surface area contributed by atoms with Crippen molar-refractivity contribution in [1.29, 1.82) is 0 Å². The number of halogens is 1. The van der Waals surface area contributed by atoms with Gasteiger partial charge in [-0.05, 0) is 24.5 Å². The number of piperidine rings is 1. The Kier molecular flexibility index (Phi) is 5.18. The number of likely N-dealkylation sites (tertiary alicyclic amines) is 1. The number of aromatic nitrogens is 2. The van der Waals surface area contributed by atoms with Crippen molar-refractivity contribution in [2.45, 2.75) is 37.4 Å². The van der Waals surface area contributed by atoms with Crippen LogP contribution in [0.1, 0.15) is 24.4 Å². The van der Waals surface area contributed by atoms with Gasteiger partial charge in [0.2, 0.25) is 5.91 Å². The van der Waals surface area contributed by atoms with Crippen LogP contribution in [0.4, 0.5) is 0 Å². The quantitative estimate of drug-likeness (QED) is 0.485. The zero-order valence-corrected chi connectivity index (χ0v) is 19.7. The first-order chi connectivity index (χ1) is 15.9. The monoisotopic (exact) mass is 474 g/mol.